The lowest BCUT2D eigenvalue weighted by molar-refractivity contribution is 0.0973. The van der Waals surface area contributed by atoms with Crippen LogP contribution in [0.1, 0.15) is 0 Å². The summed E-state index contributed by atoms with van der Waals surface area (Å²) < 4.78 is 9.00. The van der Waals surface area contributed by atoms with E-state index in [1.165, 1.54) is 0 Å². The second-order valence-electron chi connectivity index (χ2n) is 4.48. The van der Waals surface area contributed by atoms with Gasteiger partial charge in [-0.3, -0.25) is 0 Å². The Hall–Kier alpha value is 1.01. The molecule has 0 unspecified atom stereocenters. The third-order valence-corrected chi connectivity index (χ3v) is 3.57. The Morgan fingerprint density at radius 3 is 2.27 bits per heavy atom. The average Bonchev–Trinajstić information content (AvgIpc) is 1.98. The van der Waals surface area contributed by atoms with E-state index in [0.29, 0.717) is 6.61 Å². The van der Waals surface area contributed by atoms with Crippen LogP contribution in [0, 0.1) is 6.61 Å². The molecule has 1 radical (unpaired) electrons. The smallest absolute Gasteiger partial charge is 0.213 e. The summed E-state index contributed by atoms with van der Waals surface area (Å²) in [7, 11) is -1.00. The lowest BCUT2D eigenvalue weighted by Gasteiger charge is -2.15. The highest BCUT2D eigenvalue weighted by atomic mass is 35.6. The van der Waals surface area contributed by atoms with E-state index in [0.717, 1.165) is 12.7 Å². The zero-order valence-electron chi connectivity index (χ0n) is 9.36. The van der Waals surface area contributed by atoms with Crippen molar-refractivity contribution in [3.8, 4) is 0 Å². The van der Waals surface area contributed by atoms with Gasteiger partial charge in [0.25, 0.3) is 0 Å². The van der Waals surface area contributed by atoms with Crippen LogP contribution in [0.3, 0.4) is 0 Å². The fourth-order valence-electron chi connectivity index (χ4n) is 0.719. The third-order valence-electron chi connectivity index (χ3n) is 1.54. The molecule has 6 heteroatoms. The van der Waals surface area contributed by atoms with Gasteiger partial charge in [-0.05, 0) is 6.04 Å². The zero-order chi connectivity index (χ0) is 11.9. The van der Waals surface area contributed by atoms with Crippen LogP contribution >= 0.6 is 34.8 Å². The standard InChI is InChI=1S/C9H18Cl3O2Si/c1-15(2,3)7-6-13-4-5-14-8-9(10,11)12/h4H,5-8H2,1-3H3. The molecule has 0 spiro atoms. The lowest BCUT2D eigenvalue weighted by Crippen LogP contribution is -2.21. The van der Waals surface area contributed by atoms with E-state index >= 15 is 0 Å². The normalized spacial score (nSPS) is 13.2. The highest BCUT2D eigenvalue weighted by Crippen LogP contribution is 2.25. The summed E-state index contributed by atoms with van der Waals surface area (Å²) in [5.74, 6) is 0. The molecule has 0 amide bonds. The van der Waals surface area contributed by atoms with Gasteiger partial charge in [-0.15, -0.1) is 0 Å². The van der Waals surface area contributed by atoms with Gasteiger partial charge in [0.2, 0.25) is 3.79 Å². The maximum atomic E-state index is 5.49. The van der Waals surface area contributed by atoms with Crippen molar-refractivity contribution in [3.63, 3.8) is 0 Å². The van der Waals surface area contributed by atoms with Crippen molar-refractivity contribution >= 4 is 42.9 Å². The minimum atomic E-state index is -1.34. The minimum absolute atomic E-state index is 0.0749. The lowest BCUT2D eigenvalue weighted by atomic mass is 10.7. The quantitative estimate of drug-likeness (QED) is 0.403. The van der Waals surface area contributed by atoms with E-state index in [1.807, 2.05) is 0 Å². The van der Waals surface area contributed by atoms with Crippen LogP contribution < -0.4 is 0 Å². The molecule has 0 heterocycles. The summed E-state index contributed by atoms with van der Waals surface area (Å²) in [5, 5.41) is 0. The second-order valence-corrected chi connectivity index (χ2v) is 12.6. The van der Waals surface area contributed by atoms with Crippen molar-refractivity contribution in [2.45, 2.75) is 29.5 Å². The van der Waals surface area contributed by atoms with E-state index in [9.17, 15) is 0 Å². The van der Waals surface area contributed by atoms with Crippen molar-refractivity contribution < 1.29 is 9.47 Å². The van der Waals surface area contributed by atoms with Gasteiger partial charge < -0.3 is 9.47 Å². The molecule has 0 bridgehead atoms. The molecule has 15 heavy (non-hydrogen) atoms. The van der Waals surface area contributed by atoms with Crippen LogP contribution in [0.5, 0.6) is 0 Å². The Bertz CT molecular complexity index is 148. The third kappa shape index (κ3) is 15.0. The number of hydrogen-bond donors (Lipinski definition) is 0. The van der Waals surface area contributed by atoms with Gasteiger partial charge in [-0.1, -0.05) is 54.4 Å². The van der Waals surface area contributed by atoms with Gasteiger partial charge in [-0.25, -0.2) is 0 Å². The second kappa shape index (κ2) is 7.36. The number of alkyl halides is 3. The molecule has 0 fully saturated rings. The molecule has 2 nitrogen and oxygen atoms in total. The highest BCUT2D eigenvalue weighted by Gasteiger charge is 2.19. The van der Waals surface area contributed by atoms with Crippen LogP contribution in [0.25, 0.3) is 0 Å². The van der Waals surface area contributed by atoms with Crippen molar-refractivity contribution in [1.29, 1.82) is 0 Å². The zero-order valence-corrected chi connectivity index (χ0v) is 12.6. The number of rotatable bonds is 7. The largest absolute Gasteiger partial charge is 0.374 e. The predicted molar refractivity (Wildman–Crippen MR) is 69.5 cm³/mol. The first-order valence-corrected chi connectivity index (χ1v) is 9.63. The molecule has 0 aliphatic carbocycles. The fourth-order valence-corrected chi connectivity index (χ4v) is 1.68. The van der Waals surface area contributed by atoms with E-state index < -0.39 is 11.9 Å². The first-order chi connectivity index (χ1) is 6.71. The van der Waals surface area contributed by atoms with Gasteiger partial charge >= 0.3 is 0 Å². The number of ether oxygens (including phenoxy) is 2. The molecule has 0 aliphatic rings. The fraction of sp³-hybridized carbons (Fsp3) is 0.889. The first-order valence-electron chi connectivity index (χ1n) is 4.78. The molecule has 0 rings (SSSR count). The molecule has 0 aromatic rings. The Morgan fingerprint density at radius 1 is 1.20 bits per heavy atom. The van der Waals surface area contributed by atoms with Gasteiger partial charge in [0.1, 0.15) is 6.61 Å². The summed E-state index contributed by atoms with van der Waals surface area (Å²) >= 11 is 16.5. The Morgan fingerprint density at radius 2 is 1.80 bits per heavy atom. The number of halogens is 3. The Kier molecular flexibility index (Phi) is 7.85. The van der Waals surface area contributed by atoms with E-state index in [-0.39, 0.29) is 6.61 Å². The van der Waals surface area contributed by atoms with Gasteiger partial charge in [0.05, 0.1) is 13.2 Å². The summed E-state index contributed by atoms with van der Waals surface area (Å²) in [6.07, 6.45) is 0. The molecule has 0 aromatic carbocycles. The molecule has 0 aromatic heterocycles. The molecule has 0 aliphatic heterocycles. The predicted octanol–water partition coefficient (Wildman–Crippen LogP) is 3.89. The SMILES string of the molecule is C[Si](C)(C)CCO[CH]COCC(Cl)(Cl)Cl. The van der Waals surface area contributed by atoms with Crippen LogP contribution in [-0.4, -0.2) is 31.7 Å². The van der Waals surface area contributed by atoms with Crippen LogP contribution in [0.15, 0.2) is 0 Å². The molecule has 0 N–H and O–H groups in total. The summed E-state index contributed by atoms with van der Waals surface area (Å²) in [5.41, 5.74) is 0. The van der Waals surface area contributed by atoms with Crippen LogP contribution in [0.2, 0.25) is 25.7 Å². The average molecular weight is 293 g/mol. The first kappa shape index (κ1) is 16.0. The summed E-state index contributed by atoms with van der Waals surface area (Å²) in [6.45, 7) is 9.68. The maximum absolute atomic E-state index is 5.49. The summed E-state index contributed by atoms with van der Waals surface area (Å²) in [6, 6.07) is 1.13. The van der Waals surface area contributed by atoms with Crippen LogP contribution in [-0.2, 0) is 9.47 Å². The van der Waals surface area contributed by atoms with Crippen molar-refractivity contribution in [2.24, 2.45) is 0 Å². The monoisotopic (exact) mass is 291 g/mol. The summed E-state index contributed by atoms with van der Waals surface area (Å²) in [4.78, 5) is 0. The van der Waals surface area contributed by atoms with E-state index in [1.54, 1.807) is 6.61 Å². The van der Waals surface area contributed by atoms with E-state index in [2.05, 4.69) is 19.6 Å². The van der Waals surface area contributed by atoms with Gasteiger partial charge in [0, 0.05) is 14.7 Å². The van der Waals surface area contributed by atoms with Crippen LogP contribution in [0.4, 0.5) is 0 Å². The van der Waals surface area contributed by atoms with Crippen molar-refractivity contribution in [1.82, 2.24) is 0 Å². The van der Waals surface area contributed by atoms with Gasteiger partial charge in [0.15, 0.2) is 0 Å². The molecule has 0 saturated carbocycles. The topological polar surface area (TPSA) is 18.5 Å². The molecular formula is C9H18Cl3O2Si. The Labute approximate surface area is 108 Å². The van der Waals surface area contributed by atoms with Gasteiger partial charge in [-0.2, -0.15) is 0 Å². The molecular weight excluding hydrogens is 275 g/mol. The molecule has 0 saturated heterocycles. The highest BCUT2D eigenvalue weighted by molar-refractivity contribution is 6.76. The number of hydrogen-bond acceptors (Lipinski definition) is 2. The minimum Gasteiger partial charge on any atom is -0.374 e. The Balaban J connectivity index is 3.20. The van der Waals surface area contributed by atoms with E-state index in [4.69, 9.17) is 44.3 Å². The molecule has 91 valence electrons. The molecule has 0 atom stereocenters. The van der Waals surface area contributed by atoms with Crippen molar-refractivity contribution in [2.75, 3.05) is 19.8 Å². The maximum Gasteiger partial charge on any atom is 0.213 e. The van der Waals surface area contributed by atoms with Crippen molar-refractivity contribution in [3.05, 3.63) is 6.61 Å².